The van der Waals surface area contributed by atoms with E-state index < -0.39 is 6.10 Å². The van der Waals surface area contributed by atoms with E-state index in [1.807, 2.05) is 43.3 Å². The summed E-state index contributed by atoms with van der Waals surface area (Å²) in [5, 5.41) is 7.26. The van der Waals surface area contributed by atoms with E-state index in [2.05, 4.69) is 10.5 Å². The molecule has 0 aromatic heterocycles. The van der Waals surface area contributed by atoms with Crippen molar-refractivity contribution < 1.29 is 9.63 Å². The summed E-state index contributed by atoms with van der Waals surface area (Å²) in [4.78, 5) is 17.1. The summed E-state index contributed by atoms with van der Waals surface area (Å²) in [5.74, 6) is -0.251. The largest absolute Gasteiger partial charge is 0.383 e. The van der Waals surface area contributed by atoms with Gasteiger partial charge in [0.05, 0.1) is 6.21 Å². The zero-order valence-corrected chi connectivity index (χ0v) is 13.2. The fourth-order valence-electron chi connectivity index (χ4n) is 1.75. The van der Waals surface area contributed by atoms with E-state index in [-0.39, 0.29) is 5.91 Å². The van der Waals surface area contributed by atoms with Gasteiger partial charge in [-0.1, -0.05) is 41.0 Å². The lowest BCUT2D eigenvalue weighted by Gasteiger charge is -2.10. The van der Waals surface area contributed by atoms with Crippen LogP contribution in [0.5, 0.6) is 0 Å². The smallest absolute Gasteiger partial charge is 0.267 e. The SMILES string of the molecule is Cc1cccc(NC(=O)C(C)O/N=C/c2ccc(Cl)cc2)c1. The Morgan fingerprint density at radius 3 is 2.68 bits per heavy atom. The normalized spacial score (nSPS) is 12.1. The molecule has 0 fully saturated rings. The summed E-state index contributed by atoms with van der Waals surface area (Å²) in [6, 6.07) is 14.7. The minimum Gasteiger partial charge on any atom is -0.383 e. The second-order valence-corrected chi connectivity index (χ2v) is 5.33. The van der Waals surface area contributed by atoms with Crippen LogP contribution >= 0.6 is 11.6 Å². The molecule has 114 valence electrons. The van der Waals surface area contributed by atoms with Gasteiger partial charge in [0.15, 0.2) is 0 Å². The first-order valence-electron chi connectivity index (χ1n) is 6.87. The zero-order valence-electron chi connectivity index (χ0n) is 12.4. The van der Waals surface area contributed by atoms with Gasteiger partial charge in [-0.25, -0.2) is 0 Å². The molecular formula is C17H17ClN2O2. The van der Waals surface area contributed by atoms with Crippen molar-refractivity contribution in [3.8, 4) is 0 Å². The average molecular weight is 317 g/mol. The lowest BCUT2D eigenvalue weighted by atomic mass is 10.2. The van der Waals surface area contributed by atoms with E-state index in [9.17, 15) is 4.79 Å². The summed E-state index contributed by atoms with van der Waals surface area (Å²) in [6.07, 6.45) is 0.844. The van der Waals surface area contributed by atoms with Crippen LogP contribution < -0.4 is 5.32 Å². The molecule has 5 heteroatoms. The van der Waals surface area contributed by atoms with Gasteiger partial charge in [-0.15, -0.1) is 0 Å². The van der Waals surface area contributed by atoms with E-state index in [0.717, 1.165) is 16.8 Å². The second-order valence-electron chi connectivity index (χ2n) is 4.89. The Kier molecular flexibility index (Phi) is 5.55. The number of nitrogens with zero attached hydrogens (tertiary/aromatic N) is 1. The number of carbonyl (C=O) groups is 1. The molecule has 0 saturated carbocycles. The standard InChI is InChI=1S/C17H17ClN2O2/c1-12-4-3-5-16(10-12)20-17(21)13(2)22-19-11-14-6-8-15(18)9-7-14/h3-11,13H,1-2H3,(H,20,21)/b19-11+. The quantitative estimate of drug-likeness (QED) is 0.669. The molecule has 1 atom stereocenters. The van der Waals surface area contributed by atoms with Gasteiger partial charge < -0.3 is 10.2 Å². The number of rotatable bonds is 5. The summed E-state index contributed by atoms with van der Waals surface area (Å²) in [6.45, 7) is 3.61. The highest BCUT2D eigenvalue weighted by atomic mass is 35.5. The van der Waals surface area contributed by atoms with Crippen molar-refractivity contribution in [1.82, 2.24) is 0 Å². The molecule has 0 radical (unpaired) electrons. The van der Waals surface area contributed by atoms with Crippen LogP contribution in [-0.4, -0.2) is 18.2 Å². The predicted octanol–water partition coefficient (Wildman–Crippen LogP) is 4.03. The van der Waals surface area contributed by atoms with Crippen molar-refractivity contribution in [2.45, 2.75) is 20.0 Å². The number of hydrogen-bond acceptors (Lipinski definition) is 3. The molecule has 0 aliphatic carbocycles. The fraction of sp³-hybridized carbons (Fsp3) is 0.176. The first kappa shape index (κ1) is 16.0. The van der Waals surface area contributed by atoms with Crippen LogP contribution in [0.3, 0.4) is 0 Å². The maximum Gasteiger partial charge on any atom is 0.267 e. The molecule has 2 rings (SSSR count). The summed E-state index contributed by atoms with van der Waals surface area (Å²) in [7, 11) is 0. The van der Waals surface area contributed by atoms with Gasteiger partial charge in [0.25, 0.3) is 5.91 Å². The number of oxime groups is 1. The fourth-order valence-corrected chi connectivity index (χ4v) is 1.87. The molecule has 1 amide bonds. The number of benzene rings is 2. The predicted molar refractivity (Wildman–Crippen MR) is 89.4 cm³/mol. The van der Waals surface area contributed by atoms with E-state index in [1.165, 1.54) is 6.21 Å². The number of carbonyl (C=O) groups excluding carboxylic acids is 1. The van der Waals surface area contributed by atoms with Gasteiger partial charge in [0.2, 0.25) is 6.10 Å². The Labute approximate surface area is 134 Å². The van der Waals surface area contributed by atoms with Gasteiger partial charge in [0.1, 0.15) is 0 Å². The first-order valence-corrected chi connectivity index (χ1v) is 7.24. The molecule has 0 aliphatic rings. The molecule has 0 heterocycles. The van der Waals surface area contributed by atoms with Crippen molar-refractivity contribution in [1.29, 1.82) is 0 Å². The van der Waals surface area contributed by atoms with Crippen LogP contribution in [0.25, 0.3) is 0 Å². The minimum atomic E-state index is -0.691. The highest BCUT2D eigenvalue weighted by Crippen LogP contribution is 2.11. The third kappa shape index (κ3) is 4.90. The Morgan fingerprint density at radius 1 is 1.27 bits per heavy atom. The number of hydrogen-bond donors (Lipinski definition) is 1. The molecule has 0 bridgehead atoms. The minimum absolute atomic E-state index is 0.251. The lowest BCUT2D eigenvalue weighted by Crippen LogP contribution is -2.26. The van der Waals surface area contributed by atoms with E-state index >= 15 is 0 Å². The first-order chi connectivity index (χ1) is 10.5. The summed E-state index contributed by atoms with van der Waals surface area (Å²) in [5.41, 5.74) is 2.66. The van der Waals surface area contributed by atoms with Gasteiger partial charge in [-0.05, 0) is 49.2 Å². The van der Waals surface area contributed by atoms with E-state index in [4.69, 9.17) is 16.4 Å². The van der Waals surface area contributed by atoms with Crippen LogP contribution in [-0.2, 0) is 9.63 Å². The Balaban J connectivity index is 1.87. The number of halogens is 1. The van der Waals surface area contributed by atoms with Crippen molar-refractivity contribution in [2.75, 3.05) is 5.32 Å². The van der Waals surface area contributed by atoms with Crippen LogP contribution in [0.2, 0.25) is 5.02 Å². The number of nitrogens with one attached hydrogen (secondary N) is 1. The molecule has 1 unspecified atom stereocenters. The highest BCUT2D eigenvalue weighted by molar-refractivity contribution is 6.30. The molecule has 0 saturated heterocycles. The van der Waals surface area contributed by atoms with Crippen LogP contribution in [0.15, 0.2) is 53.7 Å². The second kappa shape index (κ2) is 7.61. The Morgan fingerprint density at radius 2 is 2.00 bits per heavy atom. The third-order valence-electron chi connectivity index (χ3n) is 2.95. The molecule has 0 aliphatic heterocycles. The van der Waals surface area contributed by atoms with E-state index in [0.29, 0.717) is 5.02 Å². The molecule has 0 spiro atoms. The maximum atomic E-state index is 12.0. The zero-order chi connectivity index (χ0) is 15.9. The number of anilines is 1. The topological polar surface area (TPSA) is 50.7 Å². The number of amides is 1. The Hall–Kier alpha value is -2.33. The van der Waals surface area contributed by atoms with E-state index in [1.54, 1.807) is 19.1 Å². The number of aryl methyl sites for hydroxylation is 1. The van der Waals surface area contributed by atoms with Crippen molar-refractivity contribution >= 4 is 29.4 Å². The van der Waals surface area contributed by atoms with Gasteiger partial charge >= 0.3 is 0 Å². The van der Waals surface area contributed by atoms with Crippen molar-refractivity contribution in [3.63, 3.8) is 0 Å². The summed E-state index contributed by atoms with van der Waals surface area (Å²) < 4.78 is 0. The van der Waals surface area contributed by atoms with Gasteiger partial charge in [0, 0.05) is 10.7 Å². The molecule has 2 aromatic carbocycles. The highest BCUT2D eigenvalue weighted by Gasteiger charge is 2.14. The van der Waals surface area contributed by atoms with Gasteiger partial charge in [-0.3, -0.25) is 4.79 Å². The van der Waals surface area contributed by atoms with Crippen LogP contribution in [0, 0.1) is 6.92 Å². The van der Waals surface area contributed by atoms with Gasteiger partial charge in [-0.2, -0.15) is 0 Å². The summed E-state index contributed by atoms with van der Waals surface area (Å²) >= 11 is 5.80. The lowest BCUT2D eigenvalue weighted by molar-refractivity contribution is -0.126. The molecular weight excluding hydrogens is 300 g/mol. The molecule has 2 aromatic rings. The van der Waals surface area contributed by atoms with Crippen molar-refractivity contribution in [2.24, 2.45) is 5.16 Å². The molecule has 22 heavy (non-hydrogen) atoms. The maximum absolute atomic E-state index is 12.0. The molecule has 4 nitrogen and oxygen atoms in total. The van der Waals surface area contributed by atoms with Crippen LogP contribution in [0.1, 0.15) is 18.1 Å². The van der Waals surface area contributed by atoms with Crippen LogP contribution in [0.4, 0.5) is 5.69 Å². The third-order valence-corrected chi connectivity index (χ3v) is 3.20. The molecule has 1 N–H and O–H groups in total. The monoisotopic (exact) mass is 316 g/mol. The average Bonchev–Trinajstić information content (AvgIpc) is 2.49. The Bertz CT molecular complexity index is 669. The van der Waals surface area contributed by atoms with Crippen molar-refractivity contribution in [3.05, 3.63) is 64.7 Å².